The zero-order valence-corrected chi connectivity index (χ0v) is 7.91. The van der Waals surface area contributed by atoms with E-state index >= 15 is 0 Å². The summed E-state index contributed by atoms with van der Waals surface area (Å²) in [5.41, 5.74) is 0.532. The molecule has 0 radical (unpaired) electrons. The molecule has 1 aromatic carbocycles. The number of halogens is 1. The molecule has 3 nitrogen and oxygen atoms in total. The Hall–Kier alpha value is -1.19. The number of rotatable bonds is 0. The molecule has 1 aromatic rings. The van der Waals surface area contributed by atoms with Crippen LogP contribution in [0.25, 0.3) is 0 Å². The Kier molecular flexibility index (Phi) is 1.94. The van der Waals surface area contributed by atoms with Crippen molar-refractivity contribution in [1.29, 1.82) is 0 Å². The maximum Gasteiger partial charge on any atom is 0.211 e. The predicted molar refractivity (Wildman–Crippen MR) is 50.5 cm³/mol. The van der Waals surface area contributed by atoms with Crippen molar-refractivity contribution >= 4 is 23.2 Å². The molecular weight excluding hydrogens is 204 g/mol. The van der Waals surface area contributed by atoms with Gasteiger partial charge in [-0.15, -0.1) is 0 Å². The van der Waals surface area contributed by atoms with Crippen molar-refractivity contribution in [3.8, 4) is 0 Å². The van der Waals surface area contributed by atoms with E-state index in [1.807, 2.05) is 0 Å². The minimum Gasteiger partial charge on any atom is -0.368 e. The van der Waals surface area contributed by atoms with Crippen LogP contribution < -0.4 is 0 Å². The van der Waals surface area contributed by atoms with Crippen LogP contribution in [0.15, 0.2) is 24.3 Å². The molecule has 0 saturated heterocycles. The lowest BCUT2D eigenvalue weighted by Crippen LogP contribution is -2.40. The zero-order valence-electron chi connectivity index (χ0n) is 7.16. The number of alkyl halides is 1. The highest BCUT2D eigenvalue weighted by Gasteiger charge is 2.42. The molecule has 4 heteroatoms. The summed E-state index contributed by atoms with van der Waals surface area (Å²) in [6.45, 7) is 0. The van der Waals surface area contributed by atoms with Crippen LogP contribution in [-0.2, 0) is 0 Å². The highest BCUT2D eigenvalue weighted by Crippen LogP contribution is 2.31. The van der Waals surface area contributed by atoms with Gasteiger partial charge in [-0.25, -0.2) is 0 Å². The van der Waals surface area contributed by atoms with Gasteiger partial charge in [0.2, 0.25) is 10.8 Å². The van der Waals surface area contributed by atoms with Crippen LogP contribution in [0.2, 0.25) is 0 Å². The van der Waals surface area contributed by atoms with Crippen LogP contribution in [0.4, 0.5) is 0 Å². The predicted octanol–water partition coefficient (Wildman–Crippen LogP) is 1.38. The maximum atomic E-state index is 11.5. The lowest BCUT2D eigenvalue weighted by Gasteiger charge is -2.24. The van der Waals surface area contributed by atoms with Gasteiger partial charge in [-0.3, -0.25) is 9.59 Å². The monoisotopic (exact) mass is 210 g/mol. The lowest BCUT2D eigenvalue weighted by molar-refractivity contribution is 0.0549. The summed E-state index contributed by atoms with van der Waals surface area (Å²) >= 11 is 5.53. The van der Waals surface area contributed by atoms with Gasteiger partial charge in [0.25, 0.3) is 0 Å². The number of carbonyl (C=O) groups excluding carboxylic acids is 2. The Bertz CT molecular complexity index is 423. The second-order valence-corrected chi connectivity index (χ2v) is 3.86. The number of hydrogen-bond donors (Lipinski definition) is 1. The van der Waals surface area contributed by atoms with Gasteiger partial charge in [-0.2, -0.15) is 0 Å². The smallest absolute Gasteiger partial charge is 0.211 e. The molecule has 14 heavy (non-hydrogen) atoms. The molecule has 0 fully saturated rings. The fourth-order valence-electron chi connectivity index (χ4n) is 1.52. The Balaban J connectivity index is 2.63. The molecule has 1 atom stereocenters. The second kappa shape index (κ2) is 2.90. The van der Waals surface area contributed by atoms with E-state index in [2.05, 4.69) is 0 Å². The first-order chi connectivity index (χ1) is 6.52. The number of benzene rings is 1. The molecule has 0 heterocycles. The van der Waals surface area contributed by atoms with Crippen molar-refractivity contribution in [2.75, 3.05) is 0 Å². The van der Waals surface area contributed by atoms with Gasteiger partial charge in [0.15, 0.2) is 5.78 Å². The van der Waals surface area contributed by atoms with Crippen molar-refractivity contribution < 1.29 is 14.7 Å². The quantitative estimate of drug-likeness (QED) is 0.659. The number of aliphatic hydroxyl groups is 1. The summed E-state index contributed by atoms with van der Waals surface area (Å²) in [6.07, 6.45) is -0.357. The van der Waals surface area contributed by atoms with E-state index in [4.69, 9.17) is 11.6 Å². The molecule has 0 aromatic heterocycles. The van der Waals surface area contributed by atoms with Gasteiger partial charge in [0, 0.05) is 11.1 Å². The first-order valence-electron chi connectivity index (χ1n) is 4.11. The number of fused-ring (bicyclic) bond motifs is 1. The Morgan fingerprint density at radius 1 is 1.21 bits per heavy atom. The molecule has 72 valence electrons. The number of carbonyl (C=O) groups is 2. The molecule has 0 saturated carbocycles. The molecule has 0 amide bonds. The maximum absolute atomic E-state index is 11.5. The summed E-state index contributed by atoms with van der Waals surface area (Å²) in [6, 6.07) is 6.34. The minimum absolute atomic E-state index is 0.196. The van der Waals surface area contributed by atoms with E-state index < -0.39 is 10.8 Å². The van der Waals surface area contributed by atoms with Crippen molar-refractivity contribution in [2.45, 2.75) is 11.5 Å². The van der Waals surface area contributed by atoms with Crippen LogP contribution in [0, 0.1) is 0 Å². The Labute approximate surface area is 85.3 Å². The van der Waals surface area contributed by atoms with Crippen LogP contribution >= 0.6 is 11.6 Å². The third kappa shape index (κ3) is 1.25. The van der Waals surface area contributed by atoms with E-state index in [9.17, 15) is 14.7 Å². The van der Waals surface area contributed by atoms with Crippen LogP contribution in [-0.4, -0.2) is 21.7 Å². The topological polar surface area (TPSA) is 54.4 Å². The normalized spacial score (nSPS) is 26.1. The fraction of sp³-hybridized carbons (Fsp3) is 0.200. The largest absolute Gasteiger partial charge is 0.368 e. The Morgan fingerprint density at radius 3 is 2.43 bits per heavy atom. The van der Waals surface area contributed by atoms with Gasteiger partial charge >= 0.3 is 0 Å². The third-order valence-corrected chi connectivity index (χ3v) is 2.52. The highest BCUT2D eigenvalue weighted by molar-refractivity contribution is 6.40. The summed E-state index contributed by atoms with van der Waals surface area (Å²) in [5.74, 6) is -0.910. The summed E-state index contributed by atoms with van der Waals surface area (Å²) in [7, 11) is 0. The van der Waals surface area contributed by atoms with E-state index in [1.54, 1.807) is 18.2 Å². The van der Waals surface area contributed by atoms with Gasteiger partial charge in [-0.05, 0) is 0 Å². The molecule has 2 rings (SSSR count). The van der Waals surface area contributed by atoms with Crippen molar-refractivity contribution in [3.05, 3.63) is 35.4 Å². The molecule has 1 N–H and O–H groups in total. The van der Waals surface area contributed by atoms with E-state index in [-0.39, 0.29) is 17.8 Å². The zero-order chi connectivity index (χ0) is 10.3. The van der Waals surface area contributed by atoms with Gasteiger partial charge < -0.3 is 5.11 Å². The summed E-state index contributed by atoms with van der Waals surface area (Å²) < 4.78 is 0. The number of ketones is 2. The van der Waals surface area contributed by atoms with E-state index in [0.29, 0.717) is 5.56 Å². The van der Waals surface area contributed by atoms with Gasteiger partial charge in [0.05, 0.1) is 6.42 Å². The second-order valence-electron chi connectivity index (χ2n) is 3.23. The molecule has 0 spiro atoms. The molecular formula is C10H7ClO3. The SMILES string of the molecule is O=C1CC(O)(Cl)C(=O)c2ccccc21. The highest BCUT2D eigenvalue weighted by atomic mass is 35.5. The van der Waals surface area contributed by atoms with Crippen LogP contribution in [0.3, 0.4) is 0 Å². The molecule has 1 aliphatic rings. The summed E-state index contributed by atoms with van der Waals surface area (Å²) in [4.78, 5) is 23.0. The number of Topliss-reactive ketones (excluding diaryl/α,β-unsaturated/α-hetero) is 2. The fourth-order valence-corrected chi connectivity index (χ4v) is 1.74. The average molecular weight is 211 g/mol. The molecule has 0 aliphatic heterocycles. The molecule has 1 aliphatic carbocycles. The summed E-state index contributed by atoms with van der Waals surface area (Å²) in [5, 5.41) is 7.39. The van der Waals surface area contributed by atoms with Crippen LogP contribution in [0.5, 0.6) is 0 Å². The molecule has 1 unspecified atom stereocenters. The standard InChI is InChI=1S/C10H7ClO3/c11-10(14)5-8(12)6-3-1-2-4-7(6)9(10)13/h1-4,14H,5H2. The molecule has 0 bridgehead atoms. The van der Waals surface area contributed by atoms with Crippen LogP contribution in [0.1, 0.15) is 27.1 Å². The third-order valence-electron chi connectivity index (χ3n) is 2.21. The minimum atomic E-state index is -2.06. The Morgan fingerprint density at radius 2 is 1.79 bits per heavy atom. The van der Waals surface area contributed by atoms with Gasteiger partial charge in [-0.1, -0.05) is 35.9 Å². The van der Waals surface area contributed by atoms with Crippen molar-refractivity contribution in [2.24, 2.45) is 0 Å². The van der Waals surface area contributed by atoms with E-state index in [0.717, 1.165) is 0 Å². The first kappa shape index (κ1) is 9.37. The van der Waals surface area contributed by atoms with Crippen molar-refractivity contribution in [1.82, 2.24) is 0 Å². The van der Waals surface area contributed by atoms with Crippen molar-refractivity contribution in [3.63, 3.8) is 0 Å². The van der Waals surface area contributed by atoms with E-state index in [1.165, 1.54) is 6.07 Å². The van der Waals surface area contributed by atoms with Gasteiger partial charge in [0.1, 0.15) is 0 Å². The average Bonchev–Trinajstić information content (AvgIpc) is 2.14. The lowest BCUT2D eigenvalue weighted by atomic mass is 9.87. The number of hydrogen-bond acceptors (Lipinski definition) is 3. The first-order valence-corrected chi connectivity index (χ1v) is 4.48.